The van der Waals surface area contributed by atoms with E-state index < -0.39 is 5.82 Å². The van der Waals surface area contributed by atoms with Crippen molar-refractivity contribution >= 4 is 50.1 Å². The van der Waals surface area contributed by atoms with Crippen LogP contribution in [0.1, 0.15) is 5.01 Å². The first-order valence-electron chi connectivity index (χ1n) is 7.10. The Kier molecular flexibility index (Phi) is 5.49. The zero-order valence-electron chi connectivity index (χ0n) is 12.6. The molecule has 0 aliphatic carbocycles. The van der Waals surface area contributed by atoms with E-state index in [4.69, 9.17) is 11.6 Å². The lowest BCUT2D eigenvalue weighted by Gasteiger charge is -2.03. The number of hydrogen-bond acceptors (Lipinski definition) is 4. The van der Waals surface area contributed by atoms with Gasteiger partial charge in [0.25, 0.3) is 0 Å². The van der Waals surface area contributed by atoms with Crippen LogP contribution in [0.25, 0.3) is 16.8 Å². The topological polar surface area (TPSA) is 48.7 Å². The summed E-state index contributed by atoms with van der Waals surface area (Å²) in [6, 6.07) is 14.1. The van der Waals surface area contributed by atoms with Crippen molar-refractivity contribution in [3.8, 4) is 17.3 Å². The fourth-order valence-electron chi connectivity index (χ4n) is 2.05. The van der Waals surface area contributed by atoms with Crippen LogP contribution in [0.5, 0.6) is 0 Å². The number of benzene rings is 2. The molecule has 0 fully saturated rings. The normalized spacial score (nSPS) is 11.2. The quantitative estimate of drug-likeness (QED) is 0.487. The van der Waals surface area contributed by atoms with Crippen LogP contribution in [-0.4, -0.2) is 4.98 Å². The van der Waals surface area contributed by atoms with Gasteiger partial charge in [-0.05, 0) is 30.3 Å². The number of hydrogen-bond donors (Lipinski definition) is 1. The number of nitrogens with zero attached hydrogens (tertiary/aromatic N) is 2. The van der Waals surface area contributed by atoms with Crippen LogP contribution < -0.4 is 5.32 Å². The summed E-state index contributed by atoms with van der Waals surface area (Å²) in [5.74, 6) is -0.413. The molecule has 3 nitrogen and oxygen atoms in total. The molecule has 0 bridgehead atoms. The molecule has 0 aliphatic rings. The second kappa shape index (κ2) is 7.79. The third-order valence-electron chi connectivity index (χ3n) is 3.30. The van der Waals surface area contributed by atoms with Crippen LogP contribution >= 0.6 is 38.9 Å². The predicted octanol–water partition coefficient (Wildman–Crippen LogP) is 6.34. The highest BCUT2D eigenvalue weighted by Crippen LogP contribution is 2.27. The molecule has 3 aromatic rings. The zero-order valence-corrected chi connectivity index (χ0v) is 15.8. The maximum atomic E-state index is 13.8. The van der Waals surface area contributed by atoms with Gasteiger partial charge in [0.15, 0.2) is 0 Å². The van der Waals surface area contributed by atoms with E-state index >= 15 is 0 Å². The number of anilines is 1. The highest BCUT2D eigenvalue weighted by molar-refractivity contribution is 9.10. The van der Waals surface area contributed by atoms with Crippen molar-refractivity contribution in [1.29, 1.82) is 5.26 Å². The molecule has 1 aromatic heterocycles. The first kappa shape index (κ1) is 17.6. The summed E-state index contributed by atoms with van der Waals surface area (Å²) in [7, 11) is 0. The van der Waals surface area contributed by atoms with Crippen molar-refractivity contribution in [2.24, 2.45) is 0 Å². The molecule has 0 saturated carbocycles. The molecule has 124 valence electrons. The standard InChI is InChI=1S/C18H10BrClFN3S/c19-13-3-6-16(15(21)7-13)23-9-12(8-22)18-24-17(10-25-18)11-1-4-14(20)5-2-11/h1-7,9-10,23H. The highest BCUT2D eigenvalue weighted by atomic mass is 79.9. The van der Waals surface area contributed by atoms with E-state index in [-0.39, 0.29) is 5.69 Å². The van der Waals surface area contributed by atoms with Gasteiger partial charge in [-0.2, -0.15) is 5.26 Å². The van der Waals surface area contributed by atoms with Crippen molar-refractivity contribution in [1.82, 2.24) is 4.98 Å². The molecule has 0 spiro atoms. The summed E-state index contributed by atoms with van der Waals surface area (Å²) in [5.41, 5.74) is 2.28. The molecule has 0 unspecified atom stereocenters. The fraction of sp³-hybridized carbons (Fsp3) is 0. The van der Waals surface area contributed by atoms with E-state index in [1.807, 2.05) is 17.5 Å². The molecule has 0 amide bonds. The van der Waals surface area contributed by atoms with Crippen molar-refractivity contribution in [3.63, 3.8) is 0 Å². The SMILES string of the molecule is N#CC(=CNc1ccc(Br)cc1F)c1nc(-c2ccc(Cl)cc2)cs1. The Bertz CT molecular complexity index is 977. The maximum Gasteiger partial charge on any atom is 0.147 e. The third kappa shape index (κ3) is 4.26. The second-order valence-corrected chi connectivity index (χ2v) is 7.19. The molecular weight excluding hydrogens is 425 g/mol. The first-order valence-corrected chi connectivity index (χ1v) is 9.15. The molecule has 0 saturated heterocycles. The largest absolute Gasteiger partial charge is 0.358 e. The van der Waals surface area contributed by atoms with Crippen LogP contribution in [0.4, 0.5) is 10.1 Å². The Morgan fingerprint density at radius 3 is 2.72 bits per heavy atom. The lowest BCUT2D eigenvalue weighted by atomic mass is 10.2. The molecular formula is C18H10BrClFN3S. The van der Waals surface area contributed by atoms with Crippen LogP contribution in [0.3, 0.4) is 0 Å². The van der Waals surface area contributed by atoms with Gasteiger partial charge < -0.3 is 5.32 Å². The number of allylic oxidation sites excluding steroid dienone is 1. The summed E-state index contributed by atoms with van der Waals surface area (Å²) < 4.78 is 14.5. The van der Waals surface area contributed by atoms with Crippen LogP contribution in [0.2, 0.25) is 5.02 Å². The van der Waals surface area contributed by atoms with Crippen molar-refractivity contribution in [2.75, 3.05) is 5.32 Å². The Balaban J connectivity index is 1.84. The second-order valence-electron chi connectivity index (χ2n) is 4.98. The zero-order chi connectivity index (χ0) is 17.8. The van der Waals surface area contributed by atoms with Gasteiger partial charge in [-0.25, -0.2) is 9.37 Å². The van der Waals surface area contributed by atoms with Gasteiger partial charge in [0.05, 0.1) is 11.4 Å². The van der Waals surface area contributed by atoms with Gasteiger partial charge in [0.1, 0.15) is 22.5 Å². The number of nitriles is 1. The number of aromatic nitrogens is 1. The molecule has 2 aromatic carbocycles. The summed E-state index contributed by atoms with van der Waals surface area (Å²) in [6.07, 6.45) is 1.46. The maximum absolute atomic E-state index is 13.8. The molecule has 25 heavy (non-hydrogen) atoms. The minimum absolute atomic E-state index is 0.283. The van der Waals surface area contributed by atoms with Crippen molar-refractivity contribution in [3.05, 3.63) is 74.4 Å². The van der Waals surface area contributed by atoms with E-state index in [1.165, 1.54) is 23.6 Å². The Morgan fingerprint density at radius 1 is 1.28 bits per heavy atom. The summed E-state index contributed by atoms with van der Waals surface area (Å²) in [4.78, 5) is 4.47. The summed E-state index contributed by atoms with van der Waals surface area (Å²) in [5, 5.41) is 15.3. The van der Waals surface area contributed by atoms with Crippen molar-refractivity contribution in [2.45, 2.75) is 0 Å². The third-order valence-corrected chi connectivity index (χ3v) is 4.92. The Hall–Kier alpha value is -2.20. The van der Waals surface area contributed by atoms with E-state index in [0.29, 0.717) is 20.1 Å². The predicted molar refractivity (Wildman–Crippen MR) is 104 cm³/mol. The van der Waals surface area contributed by atoms with Gasteiger partial charge >= 0.3 is 0 Å². The number of rotatable bonds is 4. The van der Waals surface area contributed by atoms with Gasteiger partial charge in [-0.15, -0.1) is 11.3 Å². The lowest BCUT2D eigenvalue weighted by molar-refractivity contribution is 0.631. The molecule has 1 heterocycles. The molecule has 7 heteroatoms. The smallest absolute Gasteiger partial charge is 0.147 e. The minimum atomic E-state index is -0.413. The molecule has 0 aliphatic heterocycles. The van der Waals surface area contributed by atoms with Gasteiger partial charge in [-0.1, -0.05) is 39.7 Å². The fourth-order valence-corrected chi connectivity index (χ4v) is 3.30. The van der Waals surface area contributed by atoms with E-state index in [9.17, 15) is 9.65 Å². The molecule has 0 atom stereocenters. The highest BCUT2D eigenvalue weighted by Gasteiger charge is 2.09. The molecule has 3 rings (SSSR count). The average molecular weight is 435 g/mol. The van der Waals surface area contributed by atoms with Gasteiger partial charge in [0, 0.05) is 26.6 Å². The lowest BCUT2D eigenvalue weighted by Crippen LogP contribution is -1.94. The van der Waals surface area contributed by atoms with E-state index in [0.717, 1.165) is 11.3 Å². The van der Waals surface area contributed by atoms with Crippen molar-refractivity contribution < 1.29 is 4.39 Å². The van der Waals surface area contributed by atoms with E-state index in [1.54, 1.807) is 24.3 Å². The first-order chi connectivity index (χ1) is 12.1. The number of halogens is 3. The van der Waals surface area contributed by atoms with Crippen LogP contribution in [0, 0.1) is 17.1 Å². The Labute approximate surface area is 161 Å². The number of nitrogens with one attached hydrogen (secondary N) is 1. The van der Waals surface area contributed by atoms with Crippen LogP contribution in [0.15, 0.2) is 58.5 Å². The minimum Gasteiger partial charge on any atom is -0.358 e. The van der Waals surface area contributed by atoms with Gasteiger partial charge in [0.2, 0.25) is 0 Å². The van der Waals surface area contributed by atoms with Crippen LogP contribution in [-0.2, 0) is 0 Å². The average Bonchev–Trinajstić information content (AvgIpc) is 3.07. The number of thiazole rings is 1. The summed E-state index contributed by atoms with van der Waals surface area (Å²) >= 11 is 10.4. The molecule has 0 radical (unpaired) electrons. The summed E-state index contributed by atoms with van der Waals surface area (Å²) in [6.45, 7) is 0. The monoisotopic (exact) mass is 433 g/mol. The van der Waals surface area contributed by atoms with Gasteiger partial charge in [-0.3, -0.25) is 0 Å². The molecule has 1 N–H and O–H groups in total. The van der Waals surface area contributed by atoms with E-state index in [2.05, 4.69) is 32.3 Å². The Morgan fingerprint density at radius 2 is 2.04 bits per heavy atom.